The molecule has 132 valence electrons. The highest BCUT2D eigenvalue weighted by Gasteiger charge is 2.09. The van der Waals surface area contributed by atoms with Crippen molar-refractivity contribution in [2.75, 3.05) is 7.11 Å². The SMILES string of the molecule is COC(=O)c1cccc(-c2cccc(-c3nc4ccccc4c(=O)[nH]3)c2)c1. The Balaban J connectivity index is 1.80. The maximum absolute atomic E-state index is 12.3. The number of esters is 1. The van der Waals surface area contributed by atoms with Crippen LogP contribution in [0, 0.1) is 0 Å². The molecular weight excluding hydrogens is 340 g/mol. The number of methoxy groups -OCH3 is 1. The van der Waals surface area contributed by atoms with Crippen molar-refractivity contribution in [3.63, 3.8) is 0 Å². The summed E-state index contributed by atoms with van der Waals surface area (Å²) in [5.74, 6) is 0.123. The summed E-state index contributed by atoms with van der Waals surface area (Å²) < 4.78 is 4.79. The van der Waals surface area contributed by atoms with E-state index in [2.05, 4.69) is 9.97 Å². The van der Waals surface area contributed by atoms with Crippen molar-refractivity contribution in [1.29, 1.82) is 0 Å². The second-order valence-corrected chi connectivity index (χ2v) is 6.08. The van der Waals surface area contributed by atoms with Gasteiger partial charge < -0.3 is 9.72 Å². The van der Waals surface area contributed by atoms with Gasteiger partial charge in [0.25, 0.3) is 5.56 Å². The van der Waals surface area contributed by atoms with Gasteiger partial charge in [-0.05, 0) is 41.5 Å². The molecule has 0 radical (unpaired) electrons. The van der Waals surface area contributed by atoms with Gasteiger partial charge in [0.05, 0.1) is 23.6 Å². The molecule has 0 unspecified atom stereocenters. The first kappa shape index (κ1) is 16.7. The van der Waals surface area contributed by atoms with Gasteiger partial charge >= 0.3 is 5.97 Å². The molecule has 1 N–H and O–H groups in total. The fraction of sp³-hybridized carbons (Fsp3) is 0.0455. The Morgan fingerprint density at radius 3 is 2.41 bits per heavy atom. The van der Waals surface area contributed by atoms with Crippen molar-refractivity contribution in [3.05, 3.63) is 88.7 Å². The average Bonchev–Trinajstić information content (AvgIpc) is 2.73. The van der Waals surface area contributed by atoms with Crippen LogP contribution in [0.1, 0.15) is 10.4 Å². The van der Waals surface area contributed by atoms with E-state index >= 15 is 0 Å². The largest absolute Gasteiger partial charge is 0.465 e. The molecule has 5 heteroatoms. The molecule has 4 rings (SSSR count). The summed E-state index contributed by atoms with van der Waals surface area (Å²) in [6.45, 7) is 0. The molecule has 0 fully saturated rings. The Hall–Kier alpha value is -3.73. The van der Waals surface area contributed by atoms with Gasteiger partial charge in [0.1, 0.15) is 5.82 Å². The second-order valence-electron chi connectivity index (χ2n) is 6.08. The van der Waals surface area contributed by atoms with Crippen molar-refractivity contribution < 1.29 is 9.53 Å². The average molecular weight is 356 g/mol. The van der Waals surface area contributed by atoms with E-state index in [1.165, 1.54) is 7.11 Å². The van der Waals surface area contributed by atoms with E-state index < -0.39 is 0 Å². The first-order valence-electron chi connectivity index (χ1n) is 8.44. The maximum Gasteiger partial charge on any atom is 0.337 e. The number of ether oxygens (including phenoxy) is 1. The number of carbonyl (C=O) groups excluding carboxylic acids is 1. The minimum atomic E-state index is -0.381. The Bertz CT molecular complexity index is 1210. The Kier molecular flexibility index (Phi) is 4.26. The standard InChI is InChI=1S/C22H16N2O3/c1-27-22(26)17-9-5-7-15(13-17)14-6-4-8-16(12-14)20-23-19-11-3-2-10-18(19)21(25)24-20/h2-13H,1H3,(H,23,24,25). The van der Waals surface area contributed by atoms with Crippen LogP contribution in [-0.4, -0.2) is 23.0 Å². The van der Waals surface area contributed by atoms with Crippen LogP contribution in [0.5, 0.6) is 0 Å². The van der Waals surface area contributed by atoms with Crippen LogP contribution in [-0.2, 0) is 4.74 Å². The molecule has 0 aliphatic heterocycles. The van der Waals surface area contributed by atoms with Crippen LogP contribution in [0.2, 0.25) is 0 Å². The van der Waals surface area contributed by atoms with E-state index in [0.717, 1.165) is 16.7 Å². The van der Waals surface area contributed by atoms with Crippen molar-refractivity contribution in [2.24, 2.45) is 0 Å². The van der Waals surface area contributed by atoms with Gasteiger partial charge in [-0.3, -0.25) is 4.79 Å². The Morgan fingerprint density at radius 2 is 1.59 bits per heavy atom. The third-order valence-corrected chi connectivity index (χ3v) is 4.37. The molecule has 0 atom stereocenters. The fourth-order valence-corrected chi connectivity index (χ4v) is 3.01. The minimum Gasteiger partial charge on any atom is -0.465 e. The second kappa shape index (κ2) is 6.88. The number of aromatic amines is 1. The quantitative estimate of drug-likeness (QED) is 0.562. The number of benzene rings is 3. The molecule has 0 spiro atoms. The summed E-state index contributed by atoms with van der Waals surface area (Å²) in [4.78, 5) is 31.5. The van der Waals surface area contributed by atoms with Crippen molar-refractivity contribution in [1.82, 2.24) is 9.97 Å². The Morgan fingerprint density at radius 1 is 0.889 bits per heavy atom. The summed E-state index contributed by atoms with van der Waals surface area (Å²) in [6, 6.07) is 22.1. The normalized spacial score (nSPS) is 10.7. The molecule has 5 nitrogen and oxygen atoms in total. The highest BCUT2D eigenvalue weighted by Crippen LogP contribution is 2.25. The molecule has 0 saturated carbocycles. The lowest BCUT2D eigenvalue weighted by atomic mass is 10.0. The highest BCUT2D eigenvalue weighted by molar-refractivity contribution is 5.91. The number of nitrogens with zero attached hydrogens (tertiary/aromatic N) is 1. The first-order chi connectivity index (χ1) is 13.2. The molecule has 0 aliphatic carbocycles. The zero-order valence-corrected chi connectivity index (χ0v) is 14.6. The number of hydrogen-bond donors (Lipinski definition) is 1. The zero-order chi connectivity index (χ0) is 18.8. The van der Waals surface area contributed by atoms with Gasteiger partial charge in [-0.1, -0.05) is 42.5 Å². The molecule has 27 heavy (non-hydrogen) atoms. The summed E-state index contributed by atoms with van der Waals surface area (Å²) in [6.07, 6.45) is 0. The van der Waals surface area contributed by atoms with E-state index in [9.17, 15) is 9.59 Å². The van der Waals surface area contributed by atoms with Gasteiger partial charge in [-0.2, -0.15) is 0 Å². The Labute approximate surface area is 155 Å². The monoisotopic (exact) mass is 356 g/mol. The smallest absolute Gasteiger partial charge is 0.337 e. The van der Waals surface area contributed by atoms with Crippen LogP contribution >= 0.6 is 0 Å². The third kappa shape index (κ3) is 3.22. The molecule has 0 bridgehead atoms. The van der Waals surface area contributed by atoms with Crippen molar-refractivity contribution >= 4 is 16.9 Å². The van der Waals surface area contributed by atoms with Gasteiger partial charge in [0.15, 0.2) is 0 Å². The number of fused-ring (bicyclic) bond motifs is 1. The van der Waals surface area contributed by atoms with Crippen LogP contribution in [0.25, 0.3) is 33.4 Å². The molecular formula is C22H16N2O3. The molecule has 1 aromatic heterocycles. The van der Waals surface area contributed by atoms with E-state index in [1.807, 2.05) is 54.6 Å². The van der Waals surface area contributed by atoms with E-state index in [-0.39, 0.29) is 11.5 Å². The van der Waals surface area contributed by atoms with Crippen LogP contribution in [0.15, 0.2) is 77.6 Å². The minimum absolute atomic E-state index is 0.173. The zero-order valence-electron chi connectivity index (χ0n) is 14.6. The molecule has 0 saturated heterocycles. The number of H-pyrrole nitrogens is 1. The van der Waals surface area contributed by atoms with E-state index in [0.29, 0.717) is 22.3 Å². The van der Waals surface area contributed by atoms with Crippen molar-refractivity contribution in [2.45, 2.75) is 0 Å². The summed E-state index contributed by atoms with van der Waals surface area (Å²) in [7, 11) is 1.36. The van der Waals surface area contributed by atoms with Gasteiger partial charge in [0, 0.05) is 5.56 Å². The predicted octanol–water partition coefficient (Wildman–Crippen LogP) is 4.04. The van der Waals surface area contributed by atoms with Gasteiger partial charge in [0.2, 0.25) is 0 Å². The number of nitrogens with one attached hydrogen (secondary N) is 1. The number of carbonyl (C=O) groups is 1. The van der Waals surface area contributed by atoms with Crippen LogP contribution in [0.4, 0.5) is 0 Å². The molecule has 3 aromatic carbocycles. The molecule has 4 aromatic rings. The maximum atomic E-state index is 12.3. The molecule has 0 aliphatic rings. The molecule has 0 amide bonds. The number of rotatable bonds is 3. The first-order valence-corrected chi connectivity index (χ1v) is 8.44. The van der Waals surface area contributed by atoms with E-state index in [4.69, 9.17) is 4.74 Å². The predicted molar refractivity (Wildman–Crippen MR) is 105 cm³/mol. The summed E-state index contributed by atoms with van der Waals surface area (Å²) >= 11 is 0. The topological polar surface area (TPSA) is 72.0 Å². The highest BCUT2D eigenvalue weighted by atomic mass is 16.5. The number of para-hydroxylation sites is 1. The number of hydrogen-bond acceptors (Lipinski definition) is 4. The van der Waals surface area contributed by atoms with Crippen LogP contribution in [0.3, 0.4) is 0 Å². The lowest BCUT2D eigenvalue weighted by Gasteiger charge is -2.08. The van der Waals surface area contributed by atoms with Crippen molar-refractivity contribution in [3.8, 4) is 22.5 Å². The third-order valence-electron chi connectivity index (χ3n) is 4.37. The van der Waals surface area contributed by atoms with Crippen LogP contribution < -0.4 is 5.56 Å². The fourth-order valence-electron chi connectivity index (χ4n) is 3.01. The lowest BCUT2D eigenvalue weighted by molar-refractivity contribution is 0.0601. The molecule has 1 heterocycles. The summed E-state index contributed by atoms with van der Waals surface area (Å²) in [5, 5.41) is 0.559. The summed E-state index contributed by atoms with van der Waals surface area (Å²) in [5.41, 5.74) is 3.54. The van der Waals surface area contributed by atoms with Gasteiger partial charge in [-0.25, -0.2) is 9.78 Å². The van der Waals surface area contributed by atoms with Gasteiger partial charge in [-0.15, -0.1) is 0 Å². The lowest BCUT2D eigenvalue weighted by Crippen LogP contribution is -2.09. The van der Waals surface area contributed by atoms with E-state index in [1.54, 1.807) is 18.2 Å². The number of aromatic nitrogens is 2.